The third-order valence-corrected chi connectivity index (χ3v) is 8.60. The molecule has 1 aromatic carbocycles. The average molecular weight is 563 g/mol. The van der Waals surface area contributed by atoms with E-state index in [4.69, 9.17) is 4.74 Å². The number of halogens is 4. The van der Waals surface area contributed by atoms with E-state index in [9.17, 15) is 21.6 Å². The molecule has 0 amide bonds. The zero-order valence-corrected chi connectivity index (χ0v) is 21.7. The number of fused-ring (bicyclic) bond motifs is 1. The summed E-state index contributed by atoms with van der Waals surface area (Å²) in [6.07, 6.45) is -1.66. The summed E-state index contributed by atoms with van der Waals surface area (Å²) in [7, 11) is -2.72. The minimum absolute atomic E-state index is 0.0244. The lowest BCUT2D eigenvalue weighted by Crippen LogP contribution is -2.50. The van der Waals surface area contributed by atoms with Crippen molar-refractivity contribution in [3.05, 3.63) is 42.1 Å². The van der Waals surface area contributed by atoms with Crippen LogP contribution in [0.25, 0.3) is 0 Å². The molecular weight excluding hydrogens is 536 g/mol. The smallest absolute Gasteiger partial charge is 0.391 e. The van der Waals surface area contributed by atoms with Crippen molar-refractivity contribution >= 4 is 32.9 Å². The fraction of sp³-hybridized carbons (Fsp3) is 0.500. The van der Waals surface area contributed by atoms with Gasteiger partial charge in [-0.15, -0.1) is 0 Å². The van der Waals surface area contributed by atoms with E-state index in [1.54, 1.807) is 14.0 Å². The van der Waals surface area contributed by atoms with Crippen molar-refractivity contribution in [2.75, 3.05) is 24.9 Å². The first-order chi connectivity index (χ1) is 17.4. The van der Waals surface area contributed by atoms with Gasteiger partial charge in [0.1, 0.15) is 22.8 Å². The first-order valence-electron chi connectivity index (χ1n) is 11.4. The number of likely N-dealkylation sites (tertiary alicyclic amines) is 1. The van der Waals surface area contributed by atoms with Gasteiger partial charge in [0.25, 0.3) is 10.0 Å². The van der Waals surface area contributed by atoms with Gasteiger partial charge in [0.05, 0.1) is 18.6 Å². The molecule has 3 heterocycles. The highest BCUT2D eigenvalue weighted by Gasteiger charge is 2.47. The van der Waals surface area contributed by atoms with Crippen LogP contribution in [0.1, 0.15) is 37.8 Å². The van der Waals surface area contributed by atoms with Gasteiger partial charge in [-0.2, -0.15) is 22.6 Å². The van der Waals surface area contributed by atoms with Crippen LogP contribution in [0.5, 0.6) is 5.75 Å². The standard InChI is InChI=1S/C22H26F4N6O3S2/c1-4-28-31(3)13(2)18-9-14(22(24,25)26)5-7-32(18)17-6-8-35-19-11-20(16(23)10-15(17)19)37(33,34)30-21-27-12-29-36-21/h4,10-12,14,17-18H,2,5-9H2,1,3H3,(H,27,29,30)/b28-4-/t14-,17-,18+/m0/s1. The number of ether oxygens (including phenoxy) is 1. The van der Waals surface area contributed by atoms with Crippen LogP contribution < -0.4 is 9.46 Å². The molecule has 0 saturated carbocycles. The van der Waals surface area contributed by atoms with Gasteiger partial charge >= 0.3 is 6.18 Å². The van der Waals surface area contributed by atoms with Crippen molar-refractivity contribution in [2.45, 2.75) is 49.3 Å². The van der Waals surface area contributed by atoms with E-state index >= 15 is 4.39 Å². The second-order valence-corrected chi connectivity index (χ2v) is 11.2. The lowest BCUT2D eigenvalue weighted by Gasteiger charge is -2.47. The van der Waals surface area contributed by atoms with Crippen molar-refractivity contribution in [3.8, 4) is 5.75 Å². The molecule has 0 bridgehead atoms. The van der Waals surface area contributed by atoms with Crippen LogP contribution in [0.4, 0.5) is 22.7 Å². The van der Waals surface area contributed by atoms with Crippen molar-refractivity contribution in [1.29, 1.82) is 0 Å². The number of anilines is 1. The molecule has 37 heavy (non-hydrogen) atoms. The SMILES string of the molecule is C=C([C@H]1C[C@@H](C(F)(F)F)CCN1[C@H]1CCOc2cc(S(=O)(=O)Nc3ncns3)c(F)cc21)N(C)/N=C\C. The van der Waals surface area contributed by atoms with Gasteiger partial charge in [-0.05, 0) is 25.8 Å². The number of nitrogens with zero attached hydrogens (tertiary/aromatic N) is 5. The maximum absolute atomic E-state index is 15.2. The van der Waals surface area contributed by atoms with Gasteiger partial charge in [0.2, 0.25) is 5.13 Å². The molecule has 2 aromatic rings. The fourth-order valence-corrected chi connectivity index (χ4v) is 6.49. The number of hydrogen-bond donors (Lipinski definition) is 1. The number of likely N-dealkylation sites (N-methyl/N-ethyl adjacent to an activating group) is 1. The molecule has 0 unspecified atom stereocenters. The molecule has 2 aliphatic rings. The Hall–Kier alpha value is -2.78. The summed E-state index contributed by atoms with van der Waals surface area (Å²) in [6.45, 7) is 5.96. The molecule has 4 rings (SSSR count). The molecular formula is C22H26F4N6O3S2. The molecule has 1 fully saturated rings. The van der Waals surface area contributed by atoms with Crippen molar-refractivity contribution < 1.29 is 30.7 Å². The topological polar surface area (TPSA) is 100 Å². The Morgan fingerprint density at radius 1 is 1.38 bits per heavy atom. The van der Waals surface area contributed by atoms with Crippen LogP contribution in [0.2, 0.25) is 0 Å². The number of hydrogen-bond acceptors (Lipinski definition) is 9. The molecule has 0 spiro atoms. The normalized spacial score (nSPS) is 22.9. The molecule has 202 valence electrons. The van der Waals surface area contributed by atoms with Crippen LogP contribution >= 0.6 is 11.5 Å². The third-order valence-electron chi connectivity index (χ3n) is 6.54. The van der Waals surface area contributed by atoms with Crippen LogP contribution in [0, 0.1) is 11.7 Å². The quantitative estimate of drug-likeness (QED) is 0.303. The third kappa shape index (κ3) is 5.72. The molecule has 1 saturated heterocycles. The van der Waals surface area contributed by atoms with E-state index in [0.29, 0.717) is 17.7 Å². The highest BCUT2D eigenvalue weighted by Crippen LogP contribution is 2.45. The van der Waals surface area contributed by atoms with Gasteiger partial charge in [0, 0.05) is 61.1 Å². The number of alkyl halides is 3. The van der Waals surface area contributed by atoms with E-state index in [-0.39, 0.29) is 36.9 Å². The van der Waals surface area contributed by atoms with Gasteiger partial charge in [-0.25, -0.2) is 17.8 Å². The summed E-state index contributed by atoms with van der Waals surface area (Å²) in [4.78, 5) is 4.98. The highest BCUT2D eigenvalue weighted by molar-refractivity contribution is 7.93. The monoisotopic (exact) mass is 562 g/mol. The predicted molar refractivity (Wildman–Crippen MR) is 130 cm³/mol. The van der Waals surface area contributed by atoms with Gasteiger partial charge in [-0.1, -0.05) is 6.58 Å². The summed E-state index contributed by atoms with van der Waals surface area (Å²) in [5.74, 6) is -2.38. The van der Waals surface area contributed by atoms with Crippen LogP contribution in [0.15, 0.2) is 40.7 Å². The number of benzene rings is 1. The number of rotatable bonds is 7. The second-order valence-electron chi connectivity index (χ2n) is 8.73. The minimum Gasteiger partial charge on any atom is -0.493 e. The molecule has 1 N–H and O–H groups in total. The zero-order chi connectivity index (χ0) is 27.0. The van der Waals surface area contributed by atoms with Gasteiger partial charge in [-0.3, -0.25) is 14.6 Å². The van der Waals surface area contributed by atoms with Crippen molar-refractivity contribution in [1.82, 2.24) is 19.3 Å². The van der Waals surface area contributed by atoms with Crippen molar-refractivity contribution in [2.24, 2.45) is 11.0 Å². The second kappa shape index (κ2) is 10.5. The molecule has 0 aliphatic carbocycles. The van der Waals surface area contributed by atoms with E-state index < -0.39 is 44.9 Å². The van der Waals surface area contributed by atoms with Crippen LogP contribution in [-0.2, 0) is 10.0 Å². The average Bonchev–Trinajstić information content (AvgIpc) is 3.34. The summed E-state index contributed by atoms with van der Waals surface area (Å²) < 4.78 is 93.3. The van der Waals surface area contributed by atoms with Gasteiger partial charge in [0.15, 0.2) is 0 Å². The molecule has 1 aromatic heterocycles. The Bertz CT molecular complexity index is 1270. The number of sulfonamides is 1. The Balaban J connectivity index is 1.69. The first-order valence-corrected chi connectivity index (χ1v) is 13.7. The Morgan fingerprint density at radius 2 is 2.14 bits per heavy atom. The van der Waals surface area contributed by atoms with E-state index in [0.717, 1.165) is 30.0 Å². The predicted octanol–water partition coefficient (Wildman–Crippen LogP) is 4.40. The van der Waals surface area contributed by atoms with Crippen molar-refractivity contribution in [3.63, 3.8) is 0 Å². The summed E-state index contributed by atoms with van der Waals surface area (Å²) in [6, 6.07) is 0.939. The summed E-state index contributed by atoms with van der Waals surface area (Å²) in [5.41, 5.74) is 0.740. The lowest BCUT2D eigenvalue weighted by molar-refractivity contribution is -0.191. The number of aromatic nitrogens is 2. The molecule has 0 radical (unpaired) electrons. The first kappa shape index (κ1) is 27.3. The highest BCUT2D eigenvalue weighted by atomic mass is 32.2. The molecule has 9 nitrogen and oxygen atoms in total. The Kier molecular flexibility index (Phi) is 7.76. The van der Waals surface area contributed by atoms with E-state index in [2.05, 4.69) is 25.8 Å². The van der Waals surface area contributed by atoms with E-state index in [1.807, 2.05) is 4.90 Å². The Labute approximate surface area is 216 Å². The summed E-state index contributed by atoms with van der Waals surface area (Å²) >= 11 is 0.795. The van der Waals surface area contributed by atoms with Gasteiger partial charge < -0.3 is 4.74 Å². The fourth-order valence-electron chi connectivity index (χ4n) is 4.75. The maximum atomic E-state index is 15.2. The lowest BCUT2D eigenvalue weighted by atomic mass is 9.85. The number of nitrogens with one attached hydrogen (secondary N) is 1. The molecule has 3 atom stereocenters. The Morgan fingerprint density at radius 3 is 2.78 bits per heavy atom. The number of piperidine rings is 1. The largest absolute Gasteiger partial charge is 0.493 e. The molecule has 2 aliphatic heterocycles. The summed E-state index contributed by atoms with van der Waals surface area (Å²) in [5, 5.41) is 5.54. The van der Waals surface area contributed by atoms with Crippen LogP contribution in [-0.4, -0.2) is 66.3 Å². The zero-order valence-electron chi connectivity index (χ0n) is 20.1. The maximum Gasteiger partial charge on any atom is 0.391 e. The van der Waals surface area contributed by atoms with Crippen LogP contribution in [0.3, 0.4) is 0 Å². The van der Waals surface area contributed by atoms with E-state index in [1.165, 1.54) is 11.2 Å². The minimum atomic E-state index is -4.36. The number of hydrazone groups is 1. The molecule has 15 heteroatoms.